The number of carbonyl (C=O) groups excluding carboxylic acids is 2. The number of ether oxygens (including phenoxy) is 3. The number of ketones is 1. The molecule has 0 aromatic heterocycles. The van der Waals surface area contributed by atoms with Crippen LogP contribution in [0.5, 0.6) is 17.2 Å². The molecule has 2 amide bonds. The van der Waals surface area contributed by atoms with Crippen LogP contribution in [0.1, 0.15) is 37.3 Å². The summed E-state index contributed by atoms with van der Waals surface area (Å²) in [5, 5.41) is 2.12. The number of hydrogen-bond acceptors (Lipinski definition) is 5. The minimum Gasteiger partial charge on any atom is -0.496 e. The van der Waals surface area contributed by atoms with Gasteiger partial charge in [0, 0.05) is 35.6 Å². The summed E-state index contributed by atoms with van der Waals surface area (Å²) in [4.78, 5) is 26.8. The Kier molecular flexibility index (Phi) is 7.74. The van der Waals surface area contributed by atoms with Crippen molar-refractivity contribution in [2.45, 2.75) is 44.4 Å². The van der Waals surface area contributed by atoms with Gasteiger partial charge in [-0.2, -0.15) is 13.2 Å². The Bertz CT molecular complexity index is 1100. The number of Topliss-reactive ketones (excluding diaryl/α,β-unsaturated/α-hetero) is 1. The van der Waals surface area contributed by atoms with Gasteiger partial charge in [-0.1, -0.05) is 18.5 Å². The van der Waals surface area contributed by atoms with Crippen LogP contribution in [0.15, 0.2) is 30.3 Å². The van der Waals surface area contributed by atoms with Crippen molar-refractivity contribution >= 4 is 29.1 Å². The van der Waals surface area contributed by atoms with Crippen LogP contribution in [-0.2, 0) is 16.9 Å². The quantitative estimate of drug-likeness (QED) is 0.470. The van der Waals surface area contributed by atoms with Crippen molar-refractivity contribution in [3.05, 3.63) is 46.5 Å². The first kappa shape index (κ1) is 26.5. The van der Waals surface area contributed by atoms with Crippen LogP contribution in [0, 0.1) is 0 Å². The summed E-state index contributed by atoms with van der Waals surface area (Å²) in [6, 6.07) is 5.99. The van der Waals surface area contributed by atoms with Crippen LogP contribution < -0.4 is 24.4 Å². The maximum atomic E-state index is 14.6. The van der Waals surface area contributed by atoms with Crippen LogP contribution in [0.2, 0.25) is 5.02 Å². The Morgan fingerprint density at radius 1 is 1.09 bits per heavy atom. The Labute approximate surface area is 206 Å². The van der Waals surface area contributed by atoms with Crippen LogP contribution >= 0.6 is 11.6 Å². The molecule has 0 saturated carbocycles. The SMILES string of the molecule is CCCC(=O)CC1(C(F)(F)F)NC(=O)N(Cc2c(OC)cc(OC)cc2OC)c2ccc(Cl)cc21. The van der Waals surface area contributed by atoms with Crippen molar-refractivity contribution < 1.29 is 37.0 Å². The third kappa shape index (κ3) is 4.98. The lowest BCUT2D eigenvalue weighted by molar-refractivity contribution is -0.200. The highest BCUT2D eigenvalue weighted by atomic mass is 35.5. The Morgan fingerprint density at radius 3 is 2.23 bits per heavy atom. The van der Waals surface area contributed by atoms with E-state index in [1.807, 2.05) is 0 Å². The van der Waals surface area contributed by atoms with Crippen LogP contribution in [0.4, 0.5) is 23.7 Å². The second kappa shape index (κ2) is 10.2. The van der Waals surface area contributed by atoms with Gasteiger partial charge >= 0.3 is 12.2 Å². The van der Waals surface area contributed by atoms with E-state index in [0.717, 1.165) is 11.0 Å². The fourth-order valence-electron chi connectivity index (χ4n) is 4.19. The van der Waals surface area contributed by atoms with E-state index in [4.69, 9.17) is 25.8 Å². The van der Waals surface area contributed by atoms with Gasteiger partial charge < -0.3 is 19.5 Å². The van der Waals surface area contributed by atoms with Crippen molar-refractivity contribution in [1.29, 1.82) is 0 Å². The summed E-state index contributed by atoms with van der Waals surface area (Å²) < 4.78 is 59.8. The number of fused-ring (bicyclic) bond motifs is 1. The summed E-state index contributed by atoms with van der Waals surface area (Å²) in [6.07, 6.45) is -5.57. The molecular weight excluding hydrogens is 489 g/mol. The van der Waals surface area contributed by atoms with E-state index < -0.39 is 30.0 Å². The summed E-state index contributed by atoms with van der Waals surface area (Å²) in [5.41, 5.74) is -2.85. The van der Waals surface area contributed by atoms with E-state index in [-0.39, 0.29) is 29.2 Å². The summed E-state index contributed by atoms with van der Waals surface area (Å²) >= 11 is 6.09. The Balaban J connectivity index is 2.18. The average Bonchev–Trinajstić information content (AvgIpc) is 2.80. The average molecular weight is 515 g/mol. The van der Waals surface area contributed by atoms with E-state index in [1.165, 1.54) is 33.5 Å². The first-order valence-electron chi connectivity index (χ1n) is 10.8. The molecule has 0 saturated heterocycles. The maximum absolute atomic E-state index is 14.6. The molecule has 0 radical (unpaired) electrons. The lowest BCUT2D eigenvalue weighted by Crippen LogP contribution is -2.63. The zero-order chi connectivity index (χ0) is 26.0. The number of alkyl halides is 3. The van der Waals surface area contributed by atoms with Gasteiger partial charge in [0.1, 0.15) is 23.0 Å². The Morgan fingerprint density at radius 2 is 1.71 bits per heavy atom. The normalized spacial score (nSPS) is 17.5. The summed E-state index contributed by atoms with van der Waals surface area (Å²) in [6.45, 7) is 1.51. The highest BCUT2D eigenvalue weighted by Gasteiger charge is 2.61. The minimum absolute atomic E-state index is 0.0281. The number of nitrogens with zero attached hydrogens (tertiary/aromatic N) is 1. The molecule has 1 heterocycles. The molecule has 2 aromatic carbocycles. The van der Waals surface area contributed by atoms with Gasteiger partial charge in [-0.25, -0.2) is 4.79 Å². The van der Waals surface area contributed by atoms with Crippen molar-refractivity contribution in [3.63, 3.8) is 0 Å². The number of halogens is 4. The van der Waals surface area contributed by atoms with E-state index in [2.05, 4.69) is 5.32 Å². The lowest BCUT2D eigenvalue weighted by Gasteiger charge is -2.44. The monoisotopic (exact) mass is 514 g/mol. The smallest absolute Gasteiger partial charge is 0.416 e. The standard InChI is InChI=1S/C24H26ClF3N2O5/c1-5-6-15(31)12-23(24(26,27)28)18-9-14(25)7-8-19(18)30(22(32)29-23)13-17-20(34-3)10-16(33-2)11-21(17)35-4/h7-11H,5-6,12-13H2,1-4H3,(H,29,32). The number of hydrogen-bond donors (Lipinski definition) is 1. The van der Waals surface area contributed by atoms with Crippen molar-refractivity contribution in [2.75, 3.05) is 26.2 Å². The molecule has 0 fully saturated rings. The van der Waals surface area contributed by atoms with Gasteiger partial charge in [0.15, 0.2) is 5.54 Å². The third-order valence-electron chi connectivity index (χ3n) is 5.88. The molecule has 0 aliphatic carbocycles. The van der Waals surface area contributed by atoms with Crippen molar-refractivity contribution in [1.82, 2.24) is 5.32 Å². The lowest BCUT2D eigenvalue weighted by atomic mass is 9.80. The van der Waals surface area contributed by atoms with E-state index in [1.54, 1.807) is 19.1 Å². The molecule has 7 nitrogen and oxygen atoms in total. The topological polar surface area (TPSA) is 77.1 Å². The van der Waals surface area contributed by atoms with E-state index >= 15 is 0 Å². The van der Waals surface area contributed by atoms with Crippen molar-refractivity contribution in [2.24, 2.45) is 0 Å². The molecule has 1 aliphatic rings. The van der Waals surface area contributed by atoms with Crippen LogP contribution in [0.3, 0.4) is 0 Å². The van der Waals surface area contributed by atoms with Crippen LogP contribution in [0.25, 0.3) is 0 Å². The fraction of sp³-hybridized carbons (Fsp3) is 0.417. The maximum Gasteiger partial charge on any atom is 0.416 e. The molecule has 190 valence electrons. The highest BCUT2D eigenvalue weighted by molar-refractivity contribution is 6.30. The van der Waals surface area contributed by atoms with Gasteiger partial charge in [-0.3, -0.25) is 9.69 Å². The number of benzene rings is 2. The summed E-state index contributed by atoms with van der Waals surface area (Å²) in [5.74, 6) is 0.442. The second-order valence-electron chi connectivity index (χ2n) is 8.06. The molecule has 1 atom stereocenters. The van der Waals surface area contributed by atoms with Crippen molar-refractivity contribution in [3.8, 4) is 17.2 Å². The number of anilines is 1. The van der Waals surface area contributed by atoms with Gasteiger partial charge in [0.2, 0.25) is 0 Å². The van der Waals surface area contributed by atoms with Gasteiger partial charge in [-0.05, 0) is 24.6 Å². The Hall–Kier alpha value is -3.14. The number of carbonyl (C=O) groups is 2. The van der Waals surface area contributed by atoms with Gasteiger partial charge in [-0.15, -0.1) is 0 Å². The van der Waals surface area contributed by atoms with E-state index in [0.29, 0.717) is 29.2 Å². The van der Waals surface area contributed by atoms with Gasteiger partial charge in [0.05, 0.1) is 39.1 Å². The number of nitrogens with one attached hydrogen (secondary N) is 1. The largest absolute Gasteiger partial charge is 0.496 e. The number of rotatable bonds is 9. The molecule has 1 N–H and O–H groups in total. The molecule has 2 aromatic rings. The molecule has 11 heteroatoms. The van der Waals surface area contributed by atoms with Crippen LogP contribution in [-0.4, -0.2) is 39.3 Å². The predicted molar refractivity (Wildman–Crippen MR) is 125 cm³/mol. The molecule has 0 bridgehead atoms. The zero-order valence-corrected chi connectivity index (χ0v) is 20.5. The first-order chi connectivity index (χ1) is 16.5. The molecule has 35 heavy (non-hydrogen) atoms. The number of methoxy groups -OCH3 is 3. The molecule has 1 aliphatic heterocycles. The molecule has 1 unspecified atom stereocenters. The minimum atomic E-state index is -4.97. The first-order valence-corrected chi connectivity index (χ1v) is 11.2. The molecule has 0 spiro atoms. The summed E-state index contributed by atoms with van der Waals surface area (Å²) in [7, 11) is 4.29. The molecular formula is C24H26ClF3N2O5. The third-order valence-corrected chi connectivity index (χ3v) is 6.12. The predicted octanol–water partition coefficient (Wildman–Crippen LogP) is 5.61. The number of amides is 2. The molecule has 3 rings (SSSR count). The zero-order valence-electron chi connectivity index (χ0n) is 19.7. The highest BCUT2D eigenvalue weighted by Crippen LogP contribution is 2.49. The van der Waals surface area contributed by atoms with Gasteiger partial charge in [0.25, 0.3) is 0 Å². The number of urea groups is 1. The second-order valence-corrected chi connectivity index (χ2v) is 8.49. The van der Waals surface area contributed by atoms with E-state index in [9.17, 15) is 22.8 Å². The fourth-order valence-corrected chi connectivity index (χ4v) is 4.36.